The van der Waals surface area contributed by atoms with E-state index >= 15 is 0 Å². The van der Waals surface area contributed by atoms with Gasteiger partial charge in [0.05, 0.1) is 11.4 Å². The van der Waals surface area contributed by atoms with E-state index in [0.717, 1.165) is 0 Å². The topological polar surface area (TPSA) is 38.1 Å². The molecule has 3 aromatic rings. The highest BCUT2D eigenvalue weighted by Crippen LogP contribution is 2.35. The number of aromatic nitrogens is 2. The maximum atomic E-state index is 14.4. The van der Waals surface area contributed by atoms with Crippen LogP contribution in [-0.2, 0) is 6.42 Å². The molecule has 0 unspecified atom stereocenters. The van der Waals surface area contributed by atoms with Crippen LogP contribution in [0.4, 0.5) is 14.5 Å². The van der Waals surface area contributed by atoms with Crippen LogP contribution in [0.15, 0.2) is 48.7 Å². The number of carbonyl (C=O) groups is 1. The van der Waals surface area contributed by atoms with Crippen LogP contribution < -0.4 is 4.90 Å². The number of carbonyl (C=O) groups excluding carboxylic acids is 1. The number of amides is 1. The summed E-state index contributed by atoms with van der Waals surface area (Å²) in [5.41, 5.74) is 1.68. The van der Waals surface area contributed by atoms with Crippen LogP contribution in [-0.4, -0.2) is 22.2 Å². The molecule has 0 saturated heterocycles. The Labute approximate surface area is 153 Å². The molecular formula is C19H14ClF2N3O. The number of rotatable bonds is 2. The van der Waals surface area contributed by atoms with Crippen molar-refractivity contribution >= 4 is 23.2 Å². The smallest absolute Gasteiger partial charge is 0.278 e. The Morgan fingerprint density at radius 2 is 1.85 bits per heavy atom. The highest BCUT2D eigenvalue weighted by molar-refractivity contribution is 6.32. The van der Waals surface area contributed by atoms with E-state index in [9.17, 15) is 13.6 Å². The zero-order valence-electron chi connectivity index (χ0n) is 13.6. The van der Waals surface area contributed by atoms with Gasteiger partial charge < -0.3 is 4.90 Å². The van der Waals surface area contributed by atoms with Crippen molar-refractivity contribution < 1.29 is 13.6 Å². The molecular weight excluding hydrogens is 360 g/mol. The second-order valence-electron chi connectivity index (χ2n) is 6.04. The number of hydrogen-bond acceptors (Lipinski definition) is 2. The second-order valence-corrected chi connectivity index (χ2v) is 6.45. The van der Waals surface area contributed by atoms with Gasteiger partial charge in [-0.2, -0.15) is 5.10 Å². The first-order chi connectivity index (χ1) is 12.5. The fourth-order valence-corrected chi connectivity index (χ4v) is 3.40. The summed E-state index contributed by atoms with van der Waals surface area (Å²) < 4.78 is 28.9. The molecule has 0 N–H and O–H groups in total. The van der Waals surface area contributed by atoms with Crippen LogP contribution in [0.3, 0.4) is 0 Å². The number of fused-ring (bicyclic) bond motifs is 1. The predicted octanol–water partition coefficient (Wildman–Crippen LogP) is 4.40. The van der Waals surface area contributed by atoms with Crippen molar-refractivity contribution in [3.8, 4) is 5.69 Å². The van der Waals surface area contributed by atoms with Crippen molar-refractivity contribution in [3.63, 3.8) is 0 Å². The number of benzene rings is 2. The fraction of sp³-hybridized carbons (Fsp3) is 0.158. The van der Waals surface area contributed by atoms with Crippen LogP contribution in [0.5, 0.6) is 0 Å². The van der Waals surface area contributed by atoms with Gasteiger partial charge in [0.2, 0.25) is 0 Å². The van der Waals surface area contributed by atoms with Crippen molar-refractivity contribution in [1.29, 1.82) is 0 Å². The van der Waals surface area contributed by atoms with Gasteiger partial charge in [-0.25, -0.2) is 13.5 Å². The van der Waals surface area contributed by atoms with Gasteiger partial charge in [0.25, 0.3) is 5.91 Å². The monoisotopic (exact) mass is 373 g/mol. The van der Waals surface area contributed by atoms with Crippen LogP contribution in [0, 0.1) is 11.6 Å². The average Bonchev–Trinajstić information content (AvgIpc) is 3.14. The summed E-state index contributed by atoms with van der Waals surface area (Å²) in [7, 11) is 0. The SMILES string of the molecule is O=C(c1ccn(-c2ccc(F)cc2)n1)N1CCCc2c(Cl)ccc(F)c21. The zero-order chi connectivity index (χ0) is 18.3. The van der Waals surface area contributed by atoms with E-state index in [1.807, 2.05) is 0 Å². The summed E-state index contributed by atoms with van der Waals surface area (Å²) in [6, 6.07) is 10.1. The van der Waals surface area contributed by atoms with E-state index in [0.29, 0.717) is 35.7 Å². The molecule has 1 aromatic heterocycles. The minimum atomic E-state index is -0.476. The third kappa shape index (κ3) is 2.86. The molecule has 132 valence electrons. The molecule has 0 spiro atoms. The van der Waals surface area contributed by atoms with Gasteiger partial charge in [0, 0.05) is 17.8 Å². The van der Waals surface area contributed by atoms with Crippen molar-refractivity contribution in [2.45, 2.75) is 12.8 Å². The van der Waals surface area contributed by atoms with Gasteiger partial charge in [0.1, 0.15) is 11.6 Å². The van der Waals surface area contributed by atoms with E-state index in [-0.39, 0.29) is 17.2 Å². The molecule has 1 aliphatic rings. The van der Waals surface area contributed by atoms with Crippen molar-refractivity contribution in [2.24, 2.45) is 0 Å². The Balaban J connectivity index is 1.68. The van der Waals surface area contributed by atoms with Gasteiger partial charge in [0.15, 0.2) is 5.69 Å². The lowest BCUT2D eigenvalue weighted by molar-refractivity contribution is 0.0979. The molecule has 4 rings (SSSR count). The summed E-state index contributed by atoms with van der Waals surface area (Å²) in [5, 5.41) is 4.71. The summed E-state index contributed by atoms with van der Waals surface area (Å²) >= 11 is 6.17. The molecule has 0 fully saturated rings. The van der Waals surface area contributed by atoms with Crippen LogP contribution in [0.2, 0.25) is 5.02 Å². The first-order valence-electron chi connectivity index (χ1n) is 8.15. The van der Waals surface area contributed by atoms with E-state index in [1.54, 1.807) is 24.4 Å². The number of halogens is 3. The van der Waals surface area contributed by atoms with E-state index < -0.39 is 11.7 Å². The number of anilines is 1. The van der Waals surface area contributed by atoms with Crippen LogP contribution >= 0.6 is 11.6 Å². The lowest BCUT2D eigenvalue weighted by Crippen LogP contribution is -2.36. The zero-order valence-corrected chi connectivity index (χ0v) is 14.4. The van der Waals surface area contributed by atoms with Gasteiger partial charge >= 0.3 is 0 Å². The molecule has 0 aliphatic carbocycles. The van der Waals surface area contributed by atoms with Crippen LogP contribution in [0.1, 0.15) is 22.5 Å². The molecule has 26 heavy (non-hydrogen) atoms. The summed E-state index contributed by atoms with van der Waals surface area (Å²) in [6.07, 6.45) is 2.93. The third-order valence-electron chi connectivity index (χ3n) is 4.40. The molecule has 0 atom stereocenters. The minimum Gasteiger partial charge on any atom is -0.304 e. The highest BCUT2D eigenvalue weighted by atomic mass is 35.5. The molecule has 1 amide bonds. The van der Waals surface area contributed by atoms with Gasteiger partial charge in [-0.1, -0.05) is 11.6 Å². The number of hydrogen-bond donors (Lipinski definition) is 0. The number of nitrogens with zero attached hydrogens (tertiary/aromatic N) is 3. The Hall–Kier alpha value is -2.73. The van der Waals surface area contributed by atoms with Crippen molar-refractivity contribution in [1.82, 2.24) is 9.78 Å². The maximum absolute atomic E-state index is 14.4. The summed E-state index contributed by atoms with van der Waals surface area (Å²) in [6.45, 7) is 0.395. The minimum absolute atomic E-state index is 0.182. The normalized spacial score (nSPS) is 13.6. The van der Waals surface area contributed by atoms with Gasteiger partial charge in [-0.15, -0.1) is 0 Å². The van der Waals surface area contributed by atoms with Gasteiger partial charge in [-0.3, -0.25) is 4.79 Å². The molecule has 2 heterocycles. The Morgan fingerprint density at radius 1 is 1.08 bits per heavy atom. The first kappa shape index (κ1) is 16.7. The molecule has 7 heteroatoms. The third-order valence-corrected chi connectivity index (χ3v) is 4.75. The molecule has 1 aliphatic heterocycles. The quantitative estimate of drug-likeness (QED) is 0.668. The summed E-state index contributed by atoms with van der Waals surface area (Å²) in [4.78, 5) is 14.3. The van der Waals surface area contributed by atoms with E-state index in [2.05, 4.69) is 5.10 Å². The first-order valence-corrected chi connectivity index (χ1v) is 8.53. The van der Waals surface area contributed by atoms with E-state index in [4.69, 9.17) is 11.6 Å². The Kier molecular flexibility index (Phi) is 4.20. The molecule has 0 saturated carbocycles. The van der Waals surface area contributed by atoms with Crippen molar-refractivity contribution in [3.05, 3.63) is 76.6 Å². The lowest BCUT2D eigenvalue weighted by atomic mass is 10.0. The predicted molar refractivity (Wildman–Crippen MR) is 94.9 cm³/mol. The standard InChI is InChI=1S/C19H14ClF2N3O/c20-15-7-8-16(22)18-14(15)2-1-10-24(18)19(26)17-9-11-25(23-17)13-5-3-12(21)4-6-13/h3-9,11H,1-2,10H2. The Morgan fingerprint density at radius 3 is 2.62 bits per heavy atom. The van der Waals surface area contributed by atoms with Crippen molar-refractivity contribution in [2.75, 3.05) is 11.4 Å². The average molecular weight is 374 g/mol. The Bertz CT molecular complexity index is 985. The molecule has 0 bridgehead atoms. The van der Waals surface area contributed by atoms with Crippen LogP contribution in [0.25, 0.3) is 5.69 Å². The highest BCUT2D eigenvalue weighted by Gasteiger charge is 2.29. The maximum Gasteiger partial charge on any atom is 0.278 e. The largest absolute Gasteiger partial charge is 0.304 e. The van der Waals surface area contributed by atoms with E-state index in [1.165, 1.54) is 33.8 Å². The molecule has 4 nitrogen and oxygen atoms in total. The molecule has 0 radical (unpaired) electrons. The lowest BCUT2D eigenvalue weighted by Gasteiger charge is -2.29. The fourth-order valence-electron chi connectivity index (χ4n) is 3.16. The van der Waals surface area contributed by atoms with Gasteiger partial charge in [-0.05, 0) is 60.9 Å². The molecule has 2 aromatic carbocycles. The summed E-state index contributed by atoms with van der Waals surface area (Å²) in [5.74, 6) is -1.22. The second kappa shape index (κ2) is 6.53.